The third-order valence-electron chi connectivity index (χ3n) is 6.68. The first kappa shape index (κ1) is 26.0. The van der Waals surface area contributed by atoms with E-state index in [1.165, 1.54) is 87.1 Å². The zero-order valence-electron chi connectivity index (χ0n) is 20.3. The molecule has 2 aliphatic carbocycles. The predicted molar refractivity (Wildman–Crippen MR) is 146 cm³/mol. The molecule has 5 rings (SSSR count). The number of thiazole rings is 1. The number of halogens is 1. The number of aromatic nitrogens is 1. The molecule has 1 aromatic heterocycles. The third kappa shape index (κ3) is 7.70. The maximum atomic E-state index is 13.8. The van der Waals surface area contributed by atoms with Crippen molar-refractivity contribution >= 4 is 44.3 Å². The summed E-state index contributed by atoms with van der Waals surface area (Å²) in [4.78, 5) is 5.02. The van der Waals surface area contributed by atoms with Crippen LogP contribution >= 0.6 is 23.3 Å². The zero-order chi connectivity index (χ0) is 24.6. The van der Waals surface area contributed by atoms with E-state index in [0.29, 0.717) is 22.5 Å². The zero-order valence-corrected chi connectivity index (χ0v) is 22.0. The fourth-order valence-corrected chi connectivity index (χ4v) is 6.19. The number of hydrogen-bond donors (Lipinski definition) is 3. The van der Waals surface area contributed by atoms with Crippen LogP contribution in [0.2, 0.25) is 0 Å². The summed E-state index contributed by atoms with van der Waals surface area (Å²) in [5, 5.41) is 2.59. The van der Waals surface area contributed by atoms with Crippen molar-refractivity contribution in [3.8, 4) is 5.75 Å². The summed E-state index contributed by atoms with van der Waals surface area (Å²) in [6.45, 7) is 0.793. The lowest BCUT2D eigenvalue weighted by Gasteiger charge is -2.27. The number of ether oxygens (including phenoxy) is 1. The van der Waals surface area contributed by atoms with Crippen LogP contribution in [0.5, 0.6) is 5.75 Å². The summed E-state index contributed by atoms with van der Waals surface area (Å²) in [7, 11) is 1.97. The molecule has 0 aliphatic heterocycles. The molecule has 0 atom stereocenters. The minimum atomic E-state index is -0.341. The molecule has 0 radical (unpaired) electrons. The highest BCUT2D eigenvalue weighted by molar-refractivity contribution is 8.00. The standard InChI is InChI=1S/C19H20FN3OS2.C7H16N2/c20-15-9-13(21)5-8-17(15)26-23-19-22-16-7-6-14(10-18(16)25-19)24-11-12-3-1-2-4-12;1-9(8)7-5-3-2-4-6-7/h5-10,12H,1-4,11,21H2,(H,22,23);7H,2-6,8H2,1H3. The summed E-state index contributed by atoms with van der Waals surface area (Å²) in [5.41, 5.74) is 6.89. The number of nitrogen functional groups attached to an aromatic ring is 1. The summed E-state index contributed by atoms with van der Waals surface area (Å²) in [5.74, 6) is 6.84. The van der Waals surface area contributed by atoms with Crippen LogP contribution in [0.1, 0.15) is 57.8 Å². The second-order valence-electron chi connectivity index (χ2n) is 9.46. The van der Waals surface area contributed by atoms with Crippen LogP contribution in [0.15, 0.2) is 41.3 Å². The first-order valence-corrected chi connectivity index (χ1v) is 14.1. The molecule has 6 nitrogen and oxygen atoms in total. The molecule has 35 heavy (non-hydrogen) atoms. The van der Waals surface area contributed by atoms with Crippen LogP contribution in [0, 0.1) is 11.7 Å². The Labute approximate surface area is 215 Å². The number of hydrogen-bond acceptors (Lipinski definition) is 8. The number of nitrogens with one attached hydrogen (secondary N) is 1. The van der Waals surface area contributed by atoms with E-state index in [0.717, 1.165) is 27.7 Å². The Hall–Kier alpha value is -2.07. The Kier molecular flexibility index (Phi) is 9.48. The number of rotatable bonds is 7. The average molecular weight is 518 g/mol. The van der Waals surface area contributed by atoms with Crippen LogP contribution in [-0.4, -0.2) is 29.7 Å². The second-order valence-corrected chi connectivity index (χ2v) is 11.3. The Morgan fingerprint density at radius 2 is 1.83 bits per heavy atom. The lowest BCUT2D eigenvalue weighted by atomic mass is 9.95. The molecule has 5 N–H and O–H groups in total. The monoisotopic (exact) mass is 517 g/mol. The first-order valence-electron chi connectivity index (χ1n) is 12.5. The van der Waals surface area contributed by atoms with Gasteiger partial charge in [0.2, 0.25) is 0 Å². The topological polar surface area (TPSA) is 89.4 Å². The van der Waals surface area contributed by atoms with Gasteiger partial charge in [-0.25, -0.2) is 14.4 Å². The maximum Gasteiger partial charge on any atom is 0.194 e. The fourth-order valence-electron chi connectivity index (χ4n) is 4.62. The molecule has 0 bridgehead atoms. The van der Waals surface area contributed by atoms with E-state index in [9.17, 15) is 4.39 Å². The van der Waals surface area contributed by atoms with E-state index < -0.39 is 0 Å². The van der Waals surface area contributed by atoms with Crippen LogP contribution in [0.4, 0.5) is 15.2 Å². The van der Waals surface area contributed by atoms with E-state index in [1.54, 1.807) is 12.1 Å². The van der Waals surface area contributed by atoms with E-state index in [1.807, 2.05) is 30.3 Å². The third-order valence-corrected chi connectivity index (χ3v) is 8.58. The predicted octanol–water partition coefficient (Wildman–Crippen LogP) is 6.83. The molecule has 2 saturated carbocycles. The highest BCUT2D eigenvalue weighted by Crippen LogP contribution is 2.33. The first-order chi connectivity index (χ1) is 17.0. The van der Waals surface area contributed by atoms with E-state index in [2.05, 4.69) is 9.71 Å². The molecule has 0 saturated heterocycles. The molecule has 0 spiro atoms. The second kappa shape index (κ2) is 12.8. The molecular formula is C26H36FN5OS2. The largest absolute Gasteiger partial charge is 0.493 e. The van der Waals surface area contributed by atoms with Gasteiger partial charge in [-0.2, -0.15) is 0 Å². The minimum Gasteiger partial charge on any atom is -0.493 e. The van der Waals surface area contributed by atoms with Gasteiger partial charge in [-0.05, 0) is 79.9 Å². The van der Waals surface area contributed by atoms with Crippen molar-refractivity contribution in [1.82, 2.24) is 9.99 Å². The van der Waals surface area contributed by atoms with Gasteiger partial charge in [-0.1, -0.05) is 43.4 Å². The highest BCUT2D eigenvalue weighted by Gasteiger charge is 2.16. The SMILES string of the molecule is CN(N)C1CCCCC1.Nc1ccc(SNc2nc3ccc(OCC4CCCC4)cc3s2)c(F)c1. The number of fused-ring (bicyclic) bond motifs is 1. The highest BCUT2D eigenvalue weighted by atomic mass is 32.2. The maximum absolute atomic E-state index is 13.8. The summed E-state index contributed by atoms with van der Waals surface area (Å²) < 4.78 is 24.0. The lowest BCUT2D eigenvalue weighted by molar-refractivity contribution is 0.195. The quantitative estimate of drug-likeness (QED) is 0.137. The summed E-state index contributed by atoms with van der Waals surface area (Å²) >= 11 is 2.72. The van der Waals surface area contributed by atoms with Gasteiger partial charge in [-0.15, -0.1) is 0 Å². The summed E-state index contributed by atoms with van der Waals surface area (Å²) in [6.07, 6.45) is 11.9. The lowest BCUT2D eigenvalue weighted by Crippen LogP contribution is -2.38. The molecule has 1 heterocycles. The van der Waals surface area contributed by atoms with E-state index >= 15 is 0 Å². The van der Waals surface area contributed by atoms with Crippen molar-refractivity contribution < 1.29 is 9.13 Å². The van der Waals surface area contributed by atoms with E-state index in [-0.39, 0.29) is 5.82 Å². The average Bonchev–Trinajstić information content (AvgIpc) is 3.52. The molecule has 2 fully saturated rings. The van der Waals surface area contributed by atoms with Gasteiger partial charge >= 0.3 is 0 Å². The molecule has 0 amide bonds. The van der Waals surface area contributed by atoms with Crippen molar-refractivity contribution in [3.05, 3.63) is 42.2 Å². The van der Waals surface area contributed by atoms with Crippen LogP contribution in [0.25, 0.3) is 10.2 Å². The van der Waals surface area contributed by atoms with Gasteiger partial charge in [-0.3, -0.25) is 5.84 Å². The molecule has 2 aliphatic rings. The van der Waals surface area contributed by atoms with Gasteiger partial charge in [0.05, 0.1) is 21.7 Å². The Balaban J connectivity index is 0.000000271. The van der Waals surface area contributed by atoms with Gasteiger partial charge < -0.3 is 15.2 Å². The smallest absolute Gasteiger partial charge is 0.194 e. The van der Waals surface area contributed by atoms with Crippen molar-refractivity contribution in [2.45, 2.75) is 68.7 Å². The molecule has 9 heteroatoms. The van der Waals surface area contributed by atoms with Gasteiger partial charge in [0.1, 0.15) is 11.6 Å². The van der Waals surface area contributed by atoms with Crippen molar-refractivity contribution in [3.63, 3.8) is 0 Å². The normalized spacial score (nSPS) is 16.9. The van der Waals surface area contributed by atoms with Crippen LogP contribution in [0.3, 0.4) is 0 Å². The van der Waals surface area contributed by atoms with Gasteiger partial charge in [0.25, 0.3) is 0 Å². The Morgan fingerprint density at radius 1 is 1.09 bits per heavy atom. The minimum absolute atomic E-state index is 0.341. The molecular weight excluding hydrogens is 481 g/mol. The number of nitrogens with zero attached hydrogens (tertiary/aromatic N) is 2. The van der Waals surface area contributed by atoms with Crippen LogP contribution < -0.4 is 21.0 Å². The number of benzene rings is 2. The number of hydrazine groups is 1. The molecule has 2 aromatic carbocycles. The van der Waals surface area contributed by atoms with Gasteiger partial charge in [0, 0.05) is 18.8 Å². The Morgan fingerprint density at radius 3 is 2.51 bits per heavy atom. The van der Waals surface area contributed by atoms with Crippen molar-refractivity contribution in [1.29, 1.82) is 0 Å². The number of nitrogens with two attached hydrogens (primary N) is 2. The molecule has 0 unspecified atom stereocenters. The van der Waals surface area contributed by atoms with E-state index in [4.69, 9.17) is 16.3 Å². The van der Waals surface area contributed by atoms with Crippen molar-refractivity contribution in [2.24, 2.45) is 11.8 Å². The summed E-state index contributed by atoms with van der Waals surface area (Å²) in [6, 6.07) is 11.3. The number of anilines is 2. The van der Waals surface area contributed by atoms with Crippen LogP contribution in [-0.2, 0) is 0 Å². The molecule has 3 aromatic rings. The van der Waals surface area contributed by atoms with Crippen molar-refractivity contribution in [2.75, 3.05) is 24.1 Å². The van der Waals surface area contributed by atoms with Gasteiger partial charge in [0.15, 0.2) is 5.13 Å². The molecule has 190 valence electrons. The Bertz CT molecular complexity index is 1080. The fraction of sp³-hybridized carbons (Fsp3) is 0.500.